The molecule has 23 heavy (non-hydrogen) atoms. The van der Waals surface area contributed by atoms with Crippen LogP contribution in [0.1, 0.15) is 48.9 Å². The van der Waals surface area contributed by atoms with Gasteiger partial charge in [-0.3, -0.25) is 4.79 Å². The molecule has 0 aliphatic carbocycles. The highest BCUT2D eigenvalue weighted by molar-refractivity contribution is 6.06. The Balaban J connectivity index is 0.00000264. The van der Waals surface area contributed by atoms with Crippen LogP contribution < -0.4 is 11.1 Å². The van der Waals surface area contributed by atoms with Gasteiger partial charge in [0.05, 0.1) is 16.6 Å². The van der Waals surface area contributed by atoms with Crippen LogP contribution in [-0.2, 0) is 0 Å². The summed E-state index contributed by atoms with van der Waals surface area (Å²) in [6.45, 7) is 10.2. The number of carbonyl (C=O) groups excluding carboxylic acids is 1. The van der Waals surface area contributed by atoms with Crippen molar-refractivity contribution in [2.45, 2.75) is 46.6 Å². The second-order valence-electron chi connectivity index (χ2n) is 6.58. The number of carbonyl (C=O) groups is 1. The third kappa shape index (κ3) is 4.20. The molecule has 1 amide bonds. The average molecular weight is 341 g/mol. The third-order valence-corrected chi connectivity index (χ3v) is 3.71. The van der Waals surface area contributed by atoms with Gasteiger partial charge in [-0.05, 0) is 39.2 Å². The zero-order chi connectivity index (χ0) is 16.5. The summed E-state index contributed by atoms with van der Waals surface area (Å²) >= 11 is 0. The lowest BCUT2D eigenvalue weighted by Crippen LogP contribution is -2.52. The Morgan fingerprint density at radius 2 is 2.09 bits per heavy atom. The van der Waals surface area contributed by atoms with Crippen molar-refractivity contribution in [3.63, 3.8) is 0 Å². The highest BCUT2D eigenvalue weighted by atomic mass is 35.5. The summed E-state index contributed by atoms with van der Waals surface area (Å²) in [4.78, 5) is 17.0. The number of pyridine rings is 1. The predicted molar refractivity (Wildman–Crippen MR) is 92.9 cm³/mol. The highest BCUT2D eigenvalue weighted by Crippen LogP contribution is 2.23. The van der Waals surface area contributed by atoms with Gasteiger partial charge in [0.15, 0.2) is 0 Å². The van der Waals surface area contributed by atoms with Crippen molar-refractivity contribution >= 4 is 29.4 Å². The predicted octanol–water partition coefficient (Wildman–Crippen LogP) is 2.75. The summed E-state index contributed by atoms with van der Waals surface area (Å²) in [5.74, 6) is 0.265. The van der Waals surface area contributed by atoms with E-state index in [9.17, 15) is 4.79 Å². The third-order valence-electron chi connectivity index (χ3n) is 3.71. The Morgan fingerprint density at radius 1 is 1.43 bits per heavy atom. The standard InChI is InChI=1S/C16H24N4O2.ClH/c1-9(2)7-16(5,8-17)19-14(21)12-6-10(3)18-15-13(12)11(4)20-22-15;/h6,9H,7-8,17H2,1-5H3,(H,19,21);1H. The van der Waals surface area contributed by atoms with E-state index in [1.165, 1.54) is 0 Å². The van der Waals surface area contributed by atoms with Gasteiger partial charge in [-0.2, -0.15) is 0 Å². The molecular weight excluding hydrogens is 316 g/mol. The summed E-state index contributed by atoms with van der Waals surface area (Å²) in [6.07, 6.45) is 0.811. The van der Waals surface area contributed by atoms with Crippen LogP contribution >= 0.6 is 12.4 Å². The molecular formula is C16H25ClN4O2. The maximum absolute atomic E-state index is 12.8. The molecule has 2 heterocycles. The topological polar surface area (TPSA) is 94.0 Å². The number of fused-ring (bicyclic) bond motifs is 1. The maximum Gasteiger partial charge on any atom is 0.258 e. The molecule has 3 N–H and O–H groups in total. The Morgan fingerprint density at radius 3 is 2.65 bits per heavy atom. The molecule has 0 spiro atoms. The van der Waals surface area contributed by atoms with Crippen molar-refractivity contribution in [2.24, 2.45) is 11.7 Å². The number of aromatic nitrogens is 2. The van der Waals surface area contributed by atoms with Crippen LogP contribution in [-0.4, -0.2) is 28.1 Å². The lowest BCUT2D eigenvalue weighted by atomic mass is 9.90. The molecule has 0 saturated carbocycles. The van der Waals surface area contributed by atoms with E-state index in [1.807, 2.05) is 13.8 Å². The number of nitrogens with two attached hydrogens (primary N) is 1. The van der Waals surface area contributed by atoms with E-state index in [2.05, 4.69) is 29.3 Å². The van der Waals surface area contributed by atoms with Gasteiger partial charge in [0.1, 0.15) is 0 Å². The van der Waals surface area contributed by atoms with Gasteiger partial charge in [0, 0.05) is 17.8 Å². The van der Waals surface area contributed by atoms with Crippen LogP contribution in [0.25, 0.3) is 11.1 Å². The summed E-state index contributed by atoms with van der Waals surface area (Å²) in [5.41, 5.74) is 7.73. The van der Waals surface area contributed by atoms with Gasteiger partial charge in [-0.1, -0.05) is 19.0 Å². The first-order chi connectivity index (χ1) is 10.3. The average Bonchev–Trinajstić information content (AvgIpc) is 2.78. The largest absolute Gasteiger partial charge is 0.346 e. The molecule has 0 radical (unpaired) electrons. The molecule has 0 aromatic carbocycles. The minimum absolute atomic E-state index is 0. The van der Waals surface area contributed by atoms with E-state index in [-0.39, 0.29) is 18.3 Å². The molecule has 0 aliphatic heterocycles. The van der Waals surface area contributed by atoms with Crippen molar-refractivity contribution in [1.29, 1.82) is 0 Å². The van der Waals surface area contributed by atoms with E-state index < -0.39 is 5.54 Å². The number of hydrogen-bond acceptors (Lipinski definition) is 5. The molecule has 0 aliphatic rings. The second kappa shape index (κ2) is 7.27. The zero-order valence-corrected chi connectivity index (χ0v) is 15.1. The van der Waals surface area contributed by atoms with Crippen molar-refractivity contribution < 1.29 is 9.32 Å². The first-order valence-electron chi connectivity index (χ1n) is 7.52. The Hall–Kier alpha value is -1.66. The molecule has 1 unspecified atom stereocenters. The van der Waals surface area contributed by atoms with Crippen LogP contribution in [0.4, 0.5) is 0 Å². The minimum Gasteiger partial charge on any atom is -0.346 e. The van der Waals surface area contributed by atoms with E-state index in [0.717, 1.165) is 6.42 Å². The number of nitrogens with one attached hydrogen (secondary N) is 1. The molecule has 6 nitrogen and oxygen atoms in total. The fraction of sp³-hybridized carbons (Fsp3) is 0.562. The molecule has 2 rings (SSSR count). The number of halogens is 1. The van der Waals surface area contributed by atoms with Crippen molar-refractivity contribution in [2.75, 3.05) is 6.54 Å². The lowest BCUT2D eigenvalue weighted by molar-refractivity contribution is 0.0899. The van der Waals surface area contributed by atoms with Crippen molar-refractivity contribution in [3.05, 3.63) is 23.0 Å². The van der Waals surface area contributed by atoms with E-state index in [0.29, 0.717) is 40.5 Å². The molecule has 0 saturated heterocycles. The Bertz CT molecular complexity index is 699. The van der Waals surface area contributed by atoms with Gasteiger partial charge in [-0.15, -0.1) is 12.4 Å². The highest BCUT2D eigenvalue weighted by Gasteiger charge is 2.28. The van der Waals surface area contributed by atoms with Gasteiger partial charge in [0.2, 0.25) is 0 Å². The van der Waals surface area contributed by atoms with Crippen LogP contribution in [0.5, 0.6) is 0 Å². The molecule has 2 aromatic heterocycles. The smallest absolute Gasteiger partial charge is 0.258 e. The van der Waals surface area contributed by atoms with Gasteiger partial charge in [0.25, 0.3) is 11.6 Å². The summed E-state index contributed by atoms with van der Waals surface area (Å²) in [7, 11) is 0. The van der Waals surface area contributed by atoms with Crippen LogP contribution in [0, 0.1) is 19.8 Å². The molecule has 0 fully saturated rings. The number of rotatable bonds is 5. The monoisotopic (exact) mass is 340 g/mol. The van der Waals surface area contributed by atoms with Crippen molar-refractivity contribution in [3.8, 4) is 0 Å². The molecule has 0 bridgehead atoms. The first kappa shape index (κ1) is 19.4. The number of aryl methyl sites for hydroxylation is 2. The first-order valence-corrected chi connectivity index (χ1v) is 7.52. The van der Waals surface area contributed by atoms with E-state index in [1.54, 1.807) is 13.0 Å². The molecule has 128 valence electrons. The second-order valence-corrected chi connectivity index (χ2v) is 6.58. The van der Waals surface area contributed by atoms with E-state index in [4.69, 9.17) is 10.3 Å². The molecule has 7 heteroatoms. The van der Waals surface area contributed by atoms with Crippen molar-refractivity contribution in [1.82, 2.24) is 15.5 Å². The van der Waals surface area contributed by atoms with Crippen LogP contribution in [0.15, 0.2) is 10.6 Å². The molecule has 1 atom stereocenters. The van der Waals surface area contributed by atoms with Crippen LogP contribution in [0.3, 0.4) is 0 Å². The summed E-state index contributed by atoms with van der Waals surface area (Å²) in [5, 5.41) is 7.63. The van der Waals surface area contributed by atoms with Crippen LogP contribution in [0.2, 0.25) is 0 Å². The lowest BCUT2D eigenvalue weighted by Gasteiger charge is -2.31. The number of nitrogens with zero attached hydrogens (tertiary/aromatic N) is 2. The molecule has 2 aromatic rings. The number of amides is 1. The van der Waals surface area contributed by atoms with Gasteiger partial charge < -0.3 is 15.6 Å². The summed E-state index contributed by atoms with van der Waals surface area (Å²) < 4.78 is 5.18. The SMILES string of the molecule is Cc1cc(C(=O)NC(C)(CN)CC(C)C)c2c(C)noc2n1.Cl. The minimum atomic E-state index is -0.445. The zero-order valence-electron chi connectivity index (χ0n) is 14.3. The summed E-state index contributed by atoms with van der Waals surface area (Å²) in [6, 6.07) is 1.76. The Kier molecular flexibility index (Phi) is 6.13. The quantitative estimate of drug-likeness (QED) is 0.872. The fourth-order valence-corrected chi connectivity index (χ4v) is 2.82. The van der Waals surface area contributed by atoms with Gasteiger partial charge >= 0.3 is 0 Å². The fourth-order valence-electron chi connectivity index (χ4n) is 2.82. The number of hydrogen-bond donors (Lipinski definition) is 2. The maximum atomic E-state index is 12.8. The van der Waals surface area contributed by atoms with Gasteiger partial charge in [-0.25, -0.2) is 4.98 Å². The Labute approximate surface area is 142 Å². The van der Waals surface area contributed by atoms with E-state index >= 15 is 0 Å². The normalized spacial score (nSPS) is 13.7.